The number of thioether (sulfide) groups is 1. The maximum Gasteiger partial charge on any atom is 0.305 e. The van der Waals surface area contributed by atoms with Crippen LogP contribution in [0.15, 0.2) is 11.8 Å². The second-order valence-electron chi connectivity index (χ2n) is 4.12. The number of nitrogens with one attached hydrogen (secondary N) is 2. The highest BCUT2D eigenvalue weighted by atomic mass is 32.2. The van der Waals surface area contributed by atoms with E-state index >= 15 is 0 Å². The quantitative estimate of drug-likeness (QED) is 0.301. The van der Waals surface area contributed by atoms with Crippen LogP contribution < -0.4 is 10.6 Å². The van der Waals surface area contributed by atoms with Crippen LogP contribution in [0.2, 0.25) is 0 Å². The van der Waals surface area contributed by atoms with Gasteiger partial charge in [-0.1, -0.05) is 11.8 Å². The Bertz CT molecular complexity index is 538. The molecule has 1 heterocycles. The summed E-state index contributed by atoms with van der Waals surface area (Å²) < 4.78 is 0. The summed E-state index contributed by atoms with van der Waals surface area (Å²) in [6.07, 6.45) is 0.920. The highest BCUT2D eigenvalue weighted by molar-refractivity contribution is 8.14. The Kier molecular flexibility index (Phi) is 6.91. The third-order valence-corrected chi connectivity index (χ3v) is 3.41. The van der Waals surface area contributed by atoms with E-state index in [1.54, 1.807) is 6.07 Å². The first-order valence-corrected chi connectivity index (χ1v) is 7.25. The number of carboxylic acids is 1. The van der Waals surface area contributed by atoms with E-state index in [0.29, 0.717) is 0 Å². The van der Waals surface area contributed by atoms with Crippen molar-refractivity contribution in [3.8, 4) is 6.07 Å². The van der Waals surface area contributed by atoms with Crippen molar-refractivity contribution >= 4 is 34.8 Å². The lowest BCUT2D eigenvalue weighted by Gasteiger charge is -2.12. The van der Waals surface area contributed by atoms with Gasteiger partial charge in [0.15, 0.2) is 0 Å². The highest BCUT2D eigenvalue weighted by Gasteiger charge is 2.28. The van der Waals surface area contributed by atoms with Gasteiger partial charge in [0.1, 0.15) is 11.6 Å². The SMILES string of the molecule is N#C/C(=C/NCCN1C(=O)CSC1=O)C(=O)NCCC(=O)O. The van der Waals surface area contributed by atoms with E-state index in [2.05, 4.69) is 10.6 Å². The molecule has 0 atom stereocenters. The Labute approximate surface area is 130 Å². The van der Waals surface area contributed by atoms with Gasteiger partial charge in [0, 0.05) is 25.8 Å². The minimum atomic E-state index is -1.06. The van der Waals surface area contributed by atoms with E-state index in [9.17, 15) is 19.2 Å². The van der Waals surface area contributed by atoms with E-state index < -0.39 is 11.9 Å². The Morgan fingerprint density at radius 1 is 1.41 bits per heavy atom. The molecular weight excluding hydrogens is 312 g/mol. The number of nitrogens with zero attached hydrogens (tertiary/aromatic N) is 2. The molecule has 1 aliphatic heterocycles. The molecule has 3 amide bonds. The Hall–Kier alpha value is -2.54. The summed E-state index contributed by atoms with van der Waals surface area (Å²) in [4.78, 5) is 45.6. The fourth-order valence-corrected chi connectivity index (χ4v) is 2.23. The van der Waals surface area contributed by atoms with E-state index in [1.165, 1.54) is 0 Å². The van der Waals surface area contributed by atoms with Gasteiger partial charge >= 0.3 is 5.97 Å². The Balaban J connectivity index is 2.37. The van der Waals surface area contributed by atoms with Crippen LogP contribution in [0.25, 0.3) is 0 Å². The largest absolute Gasteiger partial charge is 0.481 e. The molecule has 1 rings (SSSR count). The highest BCUT2D eigenvalue weighted by Crippen LogP contribution is 2.17. The van der Waals surface area contributed by atoms with Crippen LogP contribution >= 0.6 is 11.8 Å². The van der Waals surface area contributed by atoms with Crippen molar-refractivity contribution in [2.45, 2.75) is 6.42 Å². The van der Waals surface area contributed by atoms with Crippen LogP contribution in [0, 0.1) is 11.3 Å². The molecule has 1 fully saturated rings. The number of nitriles is 1. The number of carbonyl (C=O) groups is 4. The molecule has 1 saturated heterocycles. The normalized spacial score (nSPS) is 14.7. The van der Waals surface area contributed by atoms with Gasteiger partial charge in [0.25, 0.3) is 11.1 Å². The lowest BCUT2D eigenvalue weighted by molar-refractivity contribution is -0.137. The van der Waals surface area contributed by atoms with Gasteiger partial charge in [-0.05, 0) is 0 Å². The van der Waals surface area contributed by atoms with Crippen molar-refractivity contribution in [2.75, 3.05) is 25.4 Å². The molecule has 10 heteroatoms. The number of imide groups is 1. The van der Waals surface area contributed by atoms with Crippen molar-refractivity contribution in [2.24, 2.45) is 0 Å². The number of aliphatic carboxylic acids is 1. The molecule has 0 aromatic heterocycles. The molecule has 0 unspecified atom stereocenters. The molecule has 0 bridgehead atoms. The summed E-state index contributed by atoms with van der Waals surface area (Å²) in [5.41, 5.74) is -0.223. The lowest BCUT2D eigenvalue weighted by atomic mass is 10.3. The van der Waals surface area contributed by atoms with Gasteiger partial charge in [0.2, 0.25) is 5.91 Å². The maximum atomic E-state index is 11.6. The fraction of sp³-hybridized carbons (Fsp3) is 0.417. The van der Waals surface area contributed by atoms with Crippen LogP contribution in [0.1, 0.15) is 6.42 Å². The van der Waals surface area contributed by atoms with Crippen molar-refractivity contribution < 1.29 is 24.3 Å². The number of carbonyl (C=O) groups excluding carboxylic acids is 3. The molecule has 118 valence electrons. The molecule has 0 aromatic carbocycles. The molecule has 0 aromatic rings. The summed E-state index contributed by atoms with van der Waals surface area (Å²) in [6, 6.07) is 1.67. The van der Waals surface area contributed by atoms with Gasteiger partial charge in [-0.3, -0.25) is 24.1 Å². The third kappa shape index (κ3) is 5.45. The zero-order chi connectivity index (χ0) is 16.5. The third-order valence-electron chi connectivity index (χ3n) is 2.56. The Morgan fingerprint density at radius 2 is 2.14 bits per heavy atom. The van der Waals surface area contributed by atoms with Crippen LogP contribution in [-0.2, 0) is 14.4 Å². The summed E-state index contributed by atoms with van der Waals surface area (Å²) in [5.74, 6) is -1.89. The second kappa shape index (κ2) is 8.68. The van der Waals surface area contributed by atoms with Gasteiger partial charge in [-0.2, -0.15) is 5.26 Å². The standard InChI is InChI=1S/C12H14N4O5S/c13-5-8(11(20)15-2-1-10(18)19)6-14-3-4-16-9(17)7-22-12(16)21/h6,14H,1-4,7H2,(H,15,20)(H,18,19)/b8-6-. The minimum Gasteiger partial charge on any atom is -0.481 e. The van der Waals surface area contributed by atoms with Crippen molar-refractivity contribution in [1.82, 2.24) is 15.5 Å². The van der Waals surface area contributed by atoms with E-state index in [4.69, 9.17) is 10.4 Å². The number of carboxylic acid groups (broad SMARTS) is 1. The van der Waals surface area contributed by atoms with Crippen molar-refractivity contribution in [3.05, 3.63) is 11.8 Å². The number of hydrogen-bond donors (Lipinski definition) is 3. The number of hydrogen-bond acceptors (Lipinski definition) is 7. The lowest BCUT2D eigenvalue weighted by Crippen LogP contribution is -2.34. The molecule has 22 heavy (non-hydrogen) atoms. The van der Waals surface area contributed by atoms with Crippen molar-refractivity contribution in [3.63, 3.8) is 0 Å². The average Bonchev–Trinajstić information content (AvgIpc) is 2.78. The second-order valence-corrected chi connectivity index (χ2v) is 5.05. The summed E-state index contributed by atoms with van der Waals surface area (Å²) in [6.45, 7) is 0.257. The fourth-order valence-electron chi connectivity index (χ4n) is 1.47. The molecule has 0 aliphatic carbocycles. The van der Waals surface area contributed by atoms with Gasteiger partial charge < -0.3 is 15.7 Å². The Morgan fingerprint density at radius 3 is 2.68 bits per heavy atom. The molecule has 0 radical (unpaired) electrons. The monoisotopic (exact) mass is 326 g/mol. The van der Waals surface area contributed by atoms with E-state index in [-0.39, 0.29) is 48.5 Å². The summed E-state index contributed by atoms with van der Waals surface area (Å²) in [5, 5.41) is 21.9. The van der Waals surface area contributed by atoms with Gasteiger partial charge in [-0.15, -0.1) is 0 Å². The average molecular weight is 326 g/mol. The van der Waals surface area contributed by atoms with Crippen molar-refractivity contribution in [1.29, 1.82) is 5.26 Å². The van der Waals surface area contributed by atoms with Crippen LogP contribution in [0.4, 0.5) is 4.79 Å². The predicted octanol–water partition coefficient (Wildman–Crippen LogP) is -0.730. The van der Waals surface area contributed by atoms with Gasteiger partial charge in [0.05, 0.1) is 12.2 Å². The summed E-state index contributed by atoms with van der Waals surface area (Å²) >= 11 is 0.928. The van der Waals surface area contributed by atoms with Gasteiger partial charge in [-0.25, -0.2) is 0 Å². The molecule has 9 nitrogen and oxygen atoms in total. The maximum absolute atomic E-state index is 11.6. The number of amides is 3. The predicted molar refractivity (Wildman–Crippen MR) is 76.5 cm³/mol. The smallest absolute Gasteiger partial charge is 0.305 e. The summed E-state index contributed by atoms with van der Waals surface area (Å²) in [7, 11) is 0. The molecule has 1 aliphatic rings. The van der Waals surface area contributed by atoms with E-state index in [0.717, 1.165) is 22.9 Å². The topological polar surface area (TPSA) is 140 Å². The van der Waals surface area contributed by atoms with Crippen LogP contribution in [-0.4, -0.2) is 58.4 Å². The first kappa shape index (κ1) is 17.5. The zero-order valence-electron chi connectivity index (χ0n) is 11.5. The molecular formula is C12H14N4O5S. The number of rotatable bonds is 8. The van der Waals surface area contributed by atoms with E-state index in [1.807, 2.05) is 0 Å². The molecule has 0 saturated carbocycles. The molecule has 0 spiro atoms. The van der Waals surface area contributed by atoms with Crippen LogP contribution in [0.3, 0.4) is 0 Å². The zero-order valence-corrected chi connectivity index (χ0v) is 12.3. The van der Waals surface area contributed by atoms with Crippen LogP contribution in [0.5, 0.6) is 0 Å². The first-order valence-electron chi connectivity index (χ1n) is 6.26. The minimum absolute atomic E-state index is 0.0822. The molecule has 3 N–H and O–H groups in total. The first-order chi connectivity index (χ1) is 10.5.